The second kappa shape index (κ2) is 9.35. The molecule has 202 valence electrons. The Balaban J connectivity index is 1.66. The highest BCUT2D eigenvalue weighted by Gasteiger charge is 2.34. The number of carbonyl (C=O) groups is 1. The Morgan fingerprint density at radius 2 is 1.59 bits per heavy atom. The van der Waals surface area contributed by atoms with Gasteiger partial charge in [0.2, 0.25) is 16.0 Å². The molecule has 1 amide bonds. The number of carbonyl (C=O) groups excluding carboxylic acids is 1. The van der Waals surface area contributed by atoms with Crippen LogP contribution in [0.15, 0.2) is 59.5 Å². The van der Waals surface area contributed by atoms with Crippen LogP contribution in [-0.2, 0) is 23.1 Å². The number of nitrogens with zero attached hydrogens (tertiary/aromatic N) is 4. The lowest BCUT2D eigenvalue weighted by molar-refractivity contribution is 0.0747. The number of nitrogens with two attached hydrogens (primary N) is 1. The number of amides is 1. The molecular weight excluding hydrogens is 524 g/mol. The number of nitrogen functional groups attached to an aromatic ring is 1. The lowest BCUT2D eigenvalue weighted by atomic mass is 10.0. The minimum atomic E-state index is -4.24. The summed E-state index contributed by atoms with van der Waals surface area (Å²) in [6.45, 7) is 5.86. The van der Waals surface area contributed by atoms with Gasteiger partial charge >= 0.3 is 0 Å². The smallest absolute Gasteiger partial charge is 0.273 e. The van der Waals surface area contributed by atoms with E-state index in [1.54, 1.807) is 31.7 Å². The molecule has 0 radical (unpaired) electrons. The summed E-state index contributed by atoms with van der Waals surface area (Å²) in [5, 5.41) is 0.305. The second-order valence-electron chi connectivity index (χ2n) is 10.5. The van der Waals surface area contributed by atoms with E-state index in [4.69, 9.17) is 5.73 Å². The van der Waals surface area contributed by atoms with Crippen molar-refractivity contribution in [2.45, 2.75) is 44.3 Å². The van der Waals surface area contributed by atoms with E-state index in [2.05, 4.69) is 9.97 Å². The fourth-order valence-corrected chi connectivity index (χ4v) is 6.30. The average Bonchev–Trinajstić information content (AvgIpc) is 3.32. The zero-order valence-corrected chi connectivity index (χ0v) is 22.7. The summed E-state index contributed by atoms with van der Waals surface area (Å²) >= 11 is 0. The molecule has 3 aromatic carbocycles. The Bertz CT molecular complexity index is 1730. The van der Waals surface area contributed by atoms with E-state index in [0.29, 0.717) is 30.1 Å². The van der Waals surface area contributed by atoms with Crippen molar-refractivity contribution in [2.75, 3.05) is 12.8 Å². The van der Waals surface area contributed by atoms with Crippen molar-refractivity contribution in [3.05, 3.63) is 83.1 Å². The van der Waals surface area contributed by atoms with Crippen molar-refractivity contribution in [1.82, 2.24) is 19.2 Å². The number of hydrogen-bond donors (Lipinski definition) is 1. The summed E-state index contributed by atoms with van der Waals surface area (Å²) in [4.78, 5) is 23.3. The Morgan fingerprint density at radius 3 is 2.21 bits per heavy atom. The van der Waals surface area contributed by atoms with Crippen LogP contribution in [0.4, 0.5) is 14.7 Å². The molecule has 4 aromatic rings. The molecule has 1 aliphatic heterocycles. The third-order valence-corrected chi connectivity index (χ3v) is 9.12. The predicted molar refractivity (Wildman–Crippen MR) is 144 cm³/mol. The van der Waals surface area contributed by atoms with Crippen LogP contribution in [0.2, 0.25) is 0 Å². The van der Waals surface area contributed by atoms with Gasteiger partial charge in [-0.25, -0.2) is 27.2 Å². The maximum Gasteiger partial charge on any atom is 0.273 e. The van der Waals surface area contributed by atoms with E-state index in [1.165, 1.54) is 19.2 Å². The van der Waals surface area contributed by atoms with Gasteiger partial charge in [0.25, 0.3) is 5.91 Å². The molecule has 0 aliphatic carbocycles. The Morgan fingerprint density at radius 1 is 0.974 bits per heavy atom. The van der Waals surface area contributed by atoms with Crippen LogP contribution in [0.5, 0.6) is 0 Å². The zero-order chi connectivity index (χ0) is 28.3. The molecule has 0 unspecified atom stereocenters. The van der Waals surface area contributed by atoms with Gasteiger partial charge in [-0.15, -0.1) is 0 Å². The topological polar surface area (TPSA) is 109 Å². The van der Waals surface area contributed by atoms with Gasteiger partial charge in [-0.2, -0.15) is 4.31 Å². The summed E-state index contributed by atoms with van der Waals surface area (Å²) < 4.78 is 57.0. The first-order chi connectivity index (χ1) is 18.3. The number of rotatable bonds is 4. The number of benzene rings is 3. The SMILES string of the molecule is CN(C(C)(C)C)S(=O)(=O)c1cc(F)c(F)cc1-c1ccc2nc(N)nc(C(=O)N3Cc4ccccc4C3)c2c1. The molecule has 0 atom stereocenters. The minimum absolute atomic E-state index is 0.0333. The summed E-state index contributed by atoms with van der Waals surface area (Å²) in [7, 11) is -2.87. The molecule has 2 N–H and O–H groups in total. The Labute approximate surface area is 225 Å². The highest BCUT2D eigenvalue weighted by molar-refractivity contribution is 7.89. The number of sulfonamides is 1. The molecular formula is C28H27F2N5O3S. The molecule has 5 rings (SSSR count). The van der Waals surface area contributed by atoms with E-state index in [9.17, 15) is 22.0 Å². The van der Waals surface area contributed by atoms with Crippen LogP contribution >= 0.6 is 0 Å². The molecule has 8 nitrogen and oxygen atoms in total. The van der Waals surface area contributed by atoms with E-state index >= 15 is 0 Å². The van der Waals surface area contributed by atoms with Crippen molar-refractivity contribution in [3.63, 3.8) is 0 Å². The maximum atomic E-state index is 14.5. The van der Waals surface area contributed by atoms with Crippen molar-refractivity contribution < 1.29 is 22.0 Å². The lowest BCUT2D eigenvalue weighted by Gasteiger charge is -2.31. The zero-order valence-electron chi connectivity index (χ0n) is 21.9. The fraction of sp³-hybridized carbons (Fsp3) is 0.250. The molecule has 2 heterocycles. The van der Waals surface area contributed by atoms with Crippen molar-refractivity contribution in [2.24, 2.45) is 0 Å². The monoisotopic (exact) mass is 551 g/mol. The van der Waals surface area contributed by atoms with Crippen molar-refractivity contribution >= 4 is 32.8 Å². The van der Waals surface area contributed by atoms with Gasteiger partial charge in [-0.1, -0.05) is 30.3 Å². The highest BCUT2D eigenvalue weighted by atomic mass is 32.2. The minimum Gasteiger partial charge on any atom is -0.368 e. The van der Waals surface area contributed by atoms with Crippen LogP contribution < -0.4 is 5.73 Å². The van der Waals surface area contributed by atoms with E-state index in [1.807, 2.05) is 24.3 Å². The van der Waals surface area contributed by atoms with E-state index in [-0.39, 0.29) is 28.7 Å². The van der Waals surface area contributed by atoms with Crippen molar-refractivity contribution in [1.29, 1.82) is 0 Å². The Hall–Kier alpha value is -3.96. The van der Waals surface area contributed by atoms with E-state index < -0.39 is 32.1 Å². The molecule has 0 fully saturated rings. The quantitative estimate of drug-likeness (QED) is 0.393. The first kappa shape index (κ1) is 26.6. The lowest BCUT2D eigenvalue weighted by Crippen LogP contribution is -2.42. The predicted octanol–water partition coefficient (Wildman–Crippen LogP) is 4.73. The summed E-state index contributed by atoms with van der Waals surface area (Å²) in [6.07, 6.45) is 0. The number of aromatic nitrogens is 2. The highest BCUT2D eigenvalue weighted by Crippen LogP contribution is 2.35. The van der Waals surface area contributed by atoms with Gasteiger partial charge < -0.3 is 10.6 Å². The summed E-state index contributed by atoms with van der Waals surface area (Å²) in [5.74, 6) is -2.98. The standard InChI is InChI=1S/C28H27F2N5O3S/c1-28(2,3)34(4)39(37,38)24-13-22(30)21(29)12-19(24)16-9-10-23-20(11-16)25(33-27(31)32-23)26(36)35-14-17-7-5-6-8-18(17)15-35/h5-13H,14-15H2,1-4H3,(H2,31,32,33). The van der Waals surface area contributed by atoms with Crippen LogP contribution in [0.1, 0.15) is 42.4 Å². The first-order valence-corrected chi connectivity index (χ1v) is 13.6. The van der Waals surface area contributed by atoms with Crippen LogP contribution in [-0.4, -0.2) is 46.1 Å². The normalized spacial score (nSPS) is 13.8. The number of halogens is 2. The van der Waals surface area contributed by atoms with Crippen molar-refractivity contribution in [3.8, 4) is 11.1 Å². The van der Waals surface area contributed by atoms with Gasteiger partial charge in [-0.05, 0) is 61.7 Å². The third kappa shape index (κ3) is 4.72. The van der Waals surface area contributed by atoms with Crippen LogP contribution in [0, 0.1) is 11.6 Å². The van der Waals surface area contributed by atoms with E-state index in [0.717, 1.165) is 21.5 Å². The summed E-state index contributed by atoms with van der Waals surface area (Å²) in [6, 6.07) is 13.8. The Kier molecular flexibility index (Phi) is 6.39. The molecule has 0 bridgehead atoms. The second-order valence-corrected chi connectivity index (χ2v) is 12.4. The fourth-order valence-electron chi connectivity index (χ4n) is 4.58. The van der Waals surface area contributed by atoms with Gasteiger partial charge in [-0.3, -0.25) is 4.79 Å². The van der Waals surface area contributed by atoms with Gasteiger partial charge in [0.05, 0.1) is 10.4 Å². The van der Waals surface area contributed by atoms with Gasteiger partial charge in [0.1, 0.15) is 5.69 Å². The van der Waals surface area contributed by atoms with Gasteiger partial charge in [0.15, 0.2) is 11.6 Å². The third-order valence-electron chi connectivity index (χ3n) is 6.96. The molecule has 0 saturated heterocycles. The largest absolute Gasteiger partial charge is 0.368 e. The molecule has 11 heteroatoms. The summed E-state index contributed by atoms with van der Waals surface area (Å²) in [5.41, 5.74) is 7.71. The maximum absolute atomic E-state index is 14.5. The molecule has 0 saturated carbocycles. The van der Waals surface area contributed by atoms with Crippen LogP contribution in [0.25, 0.3) is 22.0 Å². The number of hydrogen-bond acceptors (Lipinski definition) is 6. The molecule has 0 spiro atoms. The number of fused-ring (bicyclic) bond motifs is 2. The first-order valence-electron chi connectivity index (χ1n) is 12.2. The van der Waals surface area contributed by atoms with Gasteiger partial charge in [0, 0.05) is 36.6 Å². The average molecular weight is 552 g/mol. The molecule has 39 heavy (non-hydrogen) atoms. The van der Waals surface area contributed by atoms with Crippen LogP contribution in [0.3, 0.4) is 0 Å². The molecule has 1 aliphatic rings. The number of anilines is 1. The molecule has 1 aromatic heterocycles.